The number of thiazole rings is 1. The number of benzene rings is 2. The first-order valence-corrected chi connectivity index (χ1v) is 12.5. The molecule has 4 aromatic rings. The van der Waals surface area contributed by atoms with Gasteiger partial charge in [-0.05, 0) is 62.7 Å². The highest BCUT2D eigenvalue weighted by atomic mass is 35.5. The number of aromatic nitrogens is 1. The van der Waals surface area contributed by atoms with Gasteiger partial charge in [-0.15, -0.1) is 0 Å². The minimum atomic E-state index is -0.722. The van der Waals surface area contributed by atoms with Crippen LogP contribution in [-0.2, 0) is 4.79 Å². The molecule has 0 bridgehead atoms. The molecule has 0 spiro atoms. The Labute approximate surface area is 215 Å². The molecule has 35 heavy (non-hydrogen) atoms. The number of carbonyl (C=O) groups is 1. The zero-order chi connectivity index (χ0) is 24.9. The molecule has 1 aliphatic rings. The first kappa shape index (κ1) is 23.5. The highest BCUT2D eigenvalue weighted by Gasteiger charge is 2.33. The average Bonchev–Trinajstić information content (AvgIpc) is 3.41. The first-order chi connectivity index (χ1) is 16.7. The summed E-state index contributed by atoms with van der Waals surface area (Å²) in [6, 6.07) is 16.0. The Balaban J connectivity index is 1.68. The molecule has 1 aliphatic heterocycles. The van der Waals surface area contributed by atoms with E-state index in [0.717, 1.165) is 16.7 Å². The second kappa shape index (κ2) is 9.11. The van der Waals surface area contributed by atoms with Gasteiger partial charge in [-0.25, -0.2) is 4.99 Å². The van der Waals surface area contributed by atoms with E-state index in [1.165, 1.54) is 18.3 Å². The predicted molar refractivity (Wildman–Crippen MR) is 140 cm³/mol. The highest BCUT2D eigenvalue weighted by molar-refractivity contribution is 7.07. The van der Waals surface area contributed by atoms with Gasteiger partial charge < -0.3 is 4.42 Å². The normalized spacial score (nSPS) is 15.8. The summed E-state index contributed by atoms with van der Waals surface area (Å²) in [5.41, 5.74) is 3.56. The topological polar surface area (TPSA) is 64.6 Å². The lowest BCUT2D eigenvalue weighted by Crippen LogP contribution is -2.39. The number of halogens is 2. The summed E-state index contributed by atoms with van der Waals surface area (Å²) in [5.74, 6) is 0.850. The molecule has 2 aromatic heterocycles. The molecule has 0 fully saturated rings. The summed E-state index contributed by atoms with van der Waals surface area (Å²) < 4.78 is 8.27. The van der Waals surface area contributed by atoms with Crippen molar-refractivity contribution in [2.45, 2.75) is 26.8 Å². The van der Waals surface area contributed by atoms with Crippen molar-refractivity contribution in [2.24, 2.45) is 4.99 Å². The minimum absolute atomic E-state index is 0.170. The van der Waals surface area contributed by atoms with Crippen LogP contribution in [0.3, 0.4) is 0 Å². The van der Waals surface area contributed by atoms with E-state index in [-0.39, 0.29) is 11.3 Å². The summed E-state index contributed by atoms with van der Waals surface area (Å²) in [6.45, 7) is 5.27. The van der Waals surface area contributed by atoms with E-state index in [2.05, 4.69) is 4.99 Å². The molecule has 0 amide bonds. The second-order valence-electron chi connectivity index (χ2n) is 8.38. The van der Waals surface area contributed by atoms with E-state index in [9.17, 15) is 9.59 Å². The van der Waals surface area contributed by atoms with E-state index in [1.54, 1.807) is 41.8 Å². The van der Waals surface area contributed by atoms with Gasteiger partial charge in [-0.2, -0.15) is 0 Å². The summed E-state index contributed by atoms with van der Waals surface area (Å²) in [5, 5.41) is 0.853. The van der Waals surface area contributed by atoms with Crippen LogP contribution in [0, 0.1) is 6.92 Å². The average molecular weight is 523 g/mol. The van der Waals surface area contributed by atoms with Crippen LogP contribution >= 0.6 is 34.5 Å². The van der Waals surface area contributed by atoms with Gasteiger partial charge in [-0.3, -0.25) is 14.2 Å². The predicted octanol–water partition coefficient (Wildman–Crippen LogP) is 5.70. The van der Waals surface area contributed by atoms with Crippen LogP contribution in [0.25, 0.3) is 17.4 Å². The SMILES string of the molecule is CC(=O)C1=C(C)N=c2s/c(=C/c3ccc(C)cc3)c(=O)n2[C@@H]1c1ccc(-c2ccc(Cl)c(Cl)c2)o1. The third-order valence-corrected chi connectivity index (χ3v) is 7.60. The van der Waals surface area contributed by atoms with Crippen molar-refractivity contribution in [3.8, 4) is 11.3 Å². The zero-order valence-corrected chi connectivity index (χ0v) is 21.5. The van der Waals surface area contributed by atoms with Crippen molar-refractivity contribution >= 4 is 46.4 Å². The zero-order valence-electron chi connectivity index (χ0n) is 19.1. The quantitative estimate of drug-likeness (QED) is 0.345. The summed E-state index contributed by atoms with van der Waals surface area (Å²) in [7, 11) is 0. The van der Waals surface area contributed by atoms with E-state index >= 15 is 0 Å². The van der Waals surface area contributed by atoms with Crippen molar-refractivity contribution in [2.75, 3.05) is 0 Å². The number of allylic oxidation sites excluding steroid dienone is 2. The van der Waals surface area contributed by atoms with Crippen LogP contribution in [0.2, 0.25) is 10.0 Å². The number of hydrogen-bond acceptors (Lipinski definition) is 5. The maximum atomic E-state index is 13.6. The fraction of sp³-hybridized carbons (Fsp3) is 0.148. The van der Waals surface area contributed by atoms with Gasteiger partial charge in [0.2, 0.25) is 0 Å². The van der Waals surface area contributed by atoms with Crippen molar-refractivity contribution in [3.63, 3.8) is 0 Å². The standard InChI is InChI=1S/C27H20Cl2N2O3S/c1-14-4-6-17(7-5-14)12-23-26(33)31-25(24(16(3)32)15(2)30-27(31)35-23)22-11-10-21(34-22)18-8-9-19(28)20(29)13-18/h4-13,25H,1-3H3/b23-12+/t25-/m1/s1. The van der Waals surface area contributed by atoms with Gasteiger partial charge in [0.15, 0.2) is 10.6 Å². The van der Waals surface area contributed by atoms with Gasteiger partial charge in [0.25, 0.3) is 5.56 Å². The summed E-state index contributed by atoms with van der Waals surface area (Å²) in [4.78, 5) is 31.4. The van der Waals surface area contributed by atoms with Crippen molar-refractivity contribution in [3.05, 3.63) is 112 Å². The third kappa shape index (κ3) is 4.33. The van der Waals surface area contributed by atoms with Crippen LogP contribution in [0.15, 0.2) is 80.1 Å². The van der Waals surface area contributed by atoms with Crippen LogP contribution in [0.5, 0.6) is 0 Å². The Morgan fingerprint density at radius 1 is 1.06 bits per heavy atom. The van der Waals surface area contributed by atoms with Gasteiger partial charge in [0, 0.05) is 16.8 Å². The number of rotatable bonds is 4. The molecule has 3 heterocycles. The Kier molecular flexibility index (Phi) is 6.13. The molecule has 0 unspecified atom stereocenters. The molecule has 0 aliphatic carbocycles. The lowest BCUT2D eigenvalue weighted by molar-refractivity contribution is -0.114. The Morgan fingerprint density at radius 3 is 2.49 bits per heavy atom. The molecule has 0 radical (unpaired) electrons. The largest absolute Gasteiger partial charge is 0.458 e. The Morgan fingerprint density at radius 2 is 1.80 bits per heavy atom. The van der Waals surface area contributed by atoms with Crippen molar-refractivity contribution < 1.29 is 9.21 Å². The number of Topliss-reactive ketones (excluding diaryl/α,β-unsaturated/α-hetero) is 1. The van der Waals surface area contributed by atoms with Crippen LogP contribution in [0.4, 0.5) is 0 Å². The molecule has 5 rings (SSSR count). The smallest absolute Gasteiger partial charge is 0.271 e. The number of furan rings is 1. The number of fused-ring (bicyclic) bond motifs is 1. The van der Waals surface area contributed by atoms with Crippen molar-refractivity contribution in [1.29, 1.82) is 0 Å². The van der Waals surface area contributed by atoms with Gasteiger partial charge >= 0.3 is 0 Å². The van der Waals surface area contributed by atoms with Crippen LogP contribution in [0.1, 0.15) is 36.8 Å². The van der Waals surface area contributed by atoms with E-state index in [1.807, 2.05) is 37.3 Å². The van der Waals surface area contributed by atoms with E-state index < -0.39 is 6.04 Å². The molecule has 0 saturated heterocycles. The molecule has 1 atom stereocenters. The number of ketones is 1. The number of nitrogens with zero attached hydrogens (tertiary/aromatic N) is 2. The Bertz CT molecular complexity index is 1690. The van der Waals surface area contributed by atoms with Crippen LogP contribution in [-0.4, -0.2) is 10.4 Å². The number of hydrogen-bond donors (Lipinski definition) is 0. The molecule has 0 saturated carbocycles. The lowest BCUT2D eigenvalue weighted by Gasteiger charge is -2.22. The summed E-state index contributed by atoms with van der Waals surface area (Å²) >= 11 is 13.5. The molecule has 176 valence electrons. The van der Waals surface area contributed by atoms with Gasteiger partial charge in [0.05, 0.1) is 14.6 Å². The van der Waals surface area contributed by atoms with Gasteiger partial charge in [-0.1, -0.05) is 64.4 Å². The molecular weight excluding hydrogens is 503 g/mol. The Hall–Kier alpha value is -3.19. The molecular formula is C27H20Cl2N2O3S. The molecule has 0 N–H and O–H groups in total. The third-order valence-electron chi connectivity index (χ3n) is 5.88. The van der Waals surface area contributed by atoms with Crippen molar-refractivity contribution in [1.82, 2.24) is 4.57 Å². The second-order valence-corrected chi connectivity index (χ2v) is 10.2. The monoisotopic (exact) mass is 522 g/mol. The lowest BCUT2D eigenvalue weighted by atomic mass is 9.98. The van der Waals surface area contributed by atoms with Crippen LogP contribution < -0.4 is 14.9 Å². The molecule has 2 aromatic carbocycles. The van der Waals surface area contributed by atoms with E-state index in [4.69, 9.17) is 27.6 Å². The van der Waals surface area contributed by atoms with E-state index in [0.29, 0.717) is 42.2 Å². The fourth-order valence-electron chi connectivity index (χ4n) is 4.16. The highest BCUT2D eigenvalue weighted by Crippen LogP contribution is 2.35. The molecule has 5 nitrogen and oxygen atoms in total. The number of carbonyl (C=O) groups excluding carboxylic acids is 1. The fourth-order valence-corrected chi connectivity index (χ4v) is 5.50. The minimum Gasteiger partial charge on any atom is -0.458 e. The number of aryl methyl sites for hydroxylation is 1. The maximum Gasteiger partial charge on any atom is 0.271 e. The maximum absolute atomic E-state index is 13.6. The van der Waals surface area contributed by atoms with Gasteiger partial charge in [0.1, 0.15) is 17.6 Å². The summed E-state index contributed by atoms with van der Waals surface area (Å²) in [6.07, 6.45) is 1.84. The molecule has 8 heteroatoms. The first-order valence-electron chi connectivity index (χ1n) is 10.9.